The summed E-state index contributed by atoms with van der Waals surface area (Å²) in [5.74, 6) is 0.784. The van der Waals surface area contributed by atoms with Gasteiger partial charge in [0.25, 0.3) is 0 Å². The number of nitrogens with two attached hydrogens (primary N) is 1. The minimum atomic E-state index is -0.0979. The van der Waals surface area contributed by atoms with Crippen molar-refractivity contribution in [1.82, 2.24) is 4.90 Å². The summed E-state index contributed by atoms with van der Waals surface area (Å²) in [5.41, 5.74) is 7.25. The maximum absolute atomic E-state index is 12.9. The van der Waals surface area contributed by atoms with E-state index in [1.807, 2.05) is 30.0 Å². The van der Waals surface area contributed by atoms with E-state index >= 15 is 0 Å². The number of benzene rings is 1. The van der Waals surface area contributed by atoms with E-state index in [4.69, 9.17) is 5.73 Å². The van der Waals surface area contributed by atoms with Crippen molar-refractivity contribution in [3.05, 3.63) is 56.7 Å². The Kier molecular flexibility index (Phi) is 6.87. The molecular weight excluding hydrogens is 408 g/mol. The van der Waals surface area contributed by atoms with Gasteiger partial charge in [0.2, 0.25) is 5.91 Å². The summed E-state index contributed by atoms with van der Waals surface area (Å²) < 4.78 is 1.07. The summed E-state index contributed by atoms with van der Waals surface area (Å²) in [5, 5.41) is 0. The Bertz CT molecular complexity index is 679. The fraction of sp³-hybridized carbons (Fsp3) is 0.389. The first-order chi connectivity index (χ1) is 11.1. The Hall–Kier alpha value is -0.880. The summed E-state index contributed by atoms with van der Waals surface area (Å²) in [7, 11) is 0. The molecule has 1 unspecified atom stereocenters. The predicted octanol–water partition coefficient (Wildman–Crippen LogP) is 4.24. The Morgan fingerprint density at radius 1 is 1.29 bits per heavy atom. The fourth-order valence-electron chi connectivity index (χ4n) is 3.32. The van der Waals surface area contributed by atoms with Gasteiger partial charge < -0.3 is 10.6 Å². The van der Waals surface area contributed by atoms with Crippen LogP contribution in [0, 0.1) is 5.92 Å². The maximum Gasteiger partial charge on any atom is 0.230 e. The molecule has 1 amide bonds. The van der Waals surface area contributed by atoms with Gasteiger partial charge in [-0.3, -0.25) is 4.79 Å². The van der Waals surface area contributed by atoms with Gasteiger partial charge in [-0.05, 0) is 53.0 Å². The lowest BCUT2D eigenvalue weighted by Gasteiger charge is -2.20. The van der Waals surface area contributed by atoms with Crippen LogP contribution >= 0.6 is 39.7 Å². The summed E-state index contributed by atoms with van der Waals surface area (Å²) >= 11 is 5.10. The molecule has 0 aliphatic carbocycles. The summed E-state index contributed by atoms with van der Waals surface area (Å²) in [6.45, 7) is 4.13. The number of amides is 1. The number of hydrogen-bond acceptors (Lipinski definition) is 3. The minimum absolute atomic E-state index is 0. The highest BCUT2D eigenvalue weighted by Gasteiger charge is 2.37. The maximum atomic E-state index is 12.9. The highest BCUT2D eigenvalue weighted by atomic mass is 79.9. The fourth-order valence-corrected chi connectivity index (χ4v) is 4.79. The average molecular weight is 430 g/mol. The Morgan fingerprint density at radius 3 is 2.58 bits per heavy atom. The van der Waals surface area contributed by atoms with E-state index in [1.165, 1.54) is 5.56 Å². The molecule has 1 aromatic heterocycles. The Balaban J connectivity index is 0.00000208. The summed E-state index contributed by atoms with van der Waals surface area (Å²) in [4.78, 5) is 16.0. The molecule has 2 aromatic rings. The van der Waals surface area contributed by atoms with Crippen molar-refractivity contribution in [1.29, 1.82) is 0 Å². The van der Waals surface area contributed by atoms with Crippen molar-refractivity contribution >= 4 is 45.6 Å². The van der Waals surface area contributed by atoms with Gasteiger partial charge in [-0.2, -0.15) is 0 Å². The smallest absolute Gasteiger partial charge is 0.230 e. The third-order valence-electron chi connectivity index (χ3n) is 4.67. The Morgan fingerprint density at radius 2 is 2.00 bits per heavy atom. The SMILES string of the molecule is CC(C(=O)N1C[C@@H](CN)[C@H](c2ccccc2)C1)c1ccc(Br)s1.Cl. The number of rotatable bonds is 4. The van der Waals surface area contributed by atoms with Crippen molar-refractivity contribution in [3.63, 3.8) is 0 Å². The molecule has 0 spiro atoms. The molecule has 1 saturated heterocycles. The standard InChI is InChI=1S/C18H21BrN2OS.ClH/c1-12(16-7-8-17(19)23-16)18(22)21-10-14(9-20)15(11-21)13-5-3-2-4-6-13;/h2-8,12,14-15H,9-11,20H2,1H3;1H/t12?,14-,15+;/m1./s1. The van der Waals surface area contributed by atoms with Crippen LogP contribution in [0.15, 0.2) is 46.3 Å². The zero-order valence-electron chi connectivity index (χ0n) is 13.5. The molecule has 1 aliphatic heterocycles. The largest absolute Gasteiger partial charge is 0.341 e. The number of thiophene rings is 1. The predicted molar refractivity (Wildman–Crippen MR) is 106 cm³/mol. The van der Waals surface area contributed by atoms with Gasteiger partial charge in [0.15, 0.2) is 0 Å². The zero-order chi connectivity index (χ0) is 16.4. The molecule has 0 saturated carbocycles. The molecule has 130 valence electrons. The molecule has 3 rings (SSSR count). The van der Waals surface area contributed by atoms with Gasteiger partial charge in [0.1, 0.15) is 0 Å². The molecule has 0 radical (unpaired) electrons. The molecule has 2 heterocycles. The Labute approximate surface area is 161 Å². The number of likely N-dealkylation sites (tertiary alicyclic amines) is 1. The number of carbonyl (C=O) groups excluding carboxylic acids is 1. The zero-order valence-corrected chi connectivity index (χ0v) is 16.7. The van der Waals surface area contributed by atoms with Crippen molar-refractivity contribution < 1.29 is 4.79 Å². The second-order valence-electron chi connectivity index (χ2n) is 6.12. The topological polar surface area (TPSA) is 46.3 Å². The molecule has 1 fully saturated rings. The highest BCUT2D eigenvalue weighted by molar-refractivity contribution is 9.11. The van der Waals surface area contributed by atoms with Gasteiger partial charge in [-0.25, -0.2) is 0 Å². The van der Waals surface area contributed by atoms with Crippen LogP contribution in [0.5, 0.6) is 0 Å². The van der Waals surface area contributed by atoms with Crippen molar-refractivity contribution in [2.75, 3.05) is 19.6 Å². The minimum Gasteiger partial charge on any atom is -0.341 e. The first kappa shape index (κ1) is 19.4. The van der Waals surface area contributed by atoms with Gasteiger partial charge in [-0.1, -0.05) is 30.3 Å². The third kappa shape index (κ3) is 4.02. The van der Waals surface area contributed by atoms with Crippen LogP contribution in [-0.2, 0) is 4.79 Å². The highest BCUT2D eigenvalue weighted by Crippen LogP contribution is 2.35. The quantitative estimate of drug-likeness (QED) is 0.790. The van der Waals surface area contributed by atoms with Gasteiger partial charge in [-0.15, -0.1) is 23.7 Å². The van der Waals surface area contributed by atoms with E-state index in [0.717, 1.165) is 21.8 Å². The van der Waals surface area contributed by atoms with Crippen LogP contribution in [0.25, 0.3) is 0 Å². The number of hydrogen-bond donors (Lipinski definition) is 1. The molecule has 0 bridgehead atoms. The lowest BCUT2D eigenvalue weighted by atomic mass is 9.89. The van der Waals surface area contributed by atoms with Gasteiger partial charge >= 0.3 is 0 Å². The van der Waals surface area contributed by atoms with Crippen molar-refractivity contribution in [2.45, 2.75) is 18.8 Å². The molecule has 3 atom stereocenters. The number of halogens is 2. The van der Waals surface area contributed by atoms with Gasteiger partial charge in [0.05, 0.1) is 9.70 Å². The van der Waals surface area contributed by atoms with E-state index in [1.54, 1.807) is 11.3 Å². The summed E-state index contributed by atoms with van der Waals surface area (Å²) in [6, 6.07) is 14.4. The van der Waals surface area contributed by atoms with Crippen LogP contribution in [0.2, 0.25) is 0 Å². The summed E-state index contributed by atoms with van der Waals surface area (Å²) in [6.07, 6.45) is 0. The van der Waals surface area contributed by atoms with E-state index in [2.05, 4.69) is 40.2 Å². The van der Waals surface area contributed by atoms with Crippen molar-refractivity contribution in [2.24, 2.45) is 11.7 Å². The van der Waals surface area contributed by atoms with E-state index in [9.17, 15) is 4.79 Å². The molecule has 1 aromatic carbocycles. The second kappa shape index (κ2) is 8.48. The molecule has 1 aliphatic rings. The van der Waals surface area contributed by atoms with Crippen LogP contribution < -0.4 is 5.73 Å². The van der Waals surface area contributed by atoms with Gasteiger partial charge in [0, 0.05) is 23.9 Å². The first-order valence-electron chi connectivity index (χ1n) is 7.89. The van der Waals surface area contributed by atoms with Crippen molar-refractivity contribution in [3.8, 4) is 0 Å². The second-order valence-corrected chi connectivity index (χ2v) is 8.61. The van der Waals surface area contributed by atoms with Crippen LogP contribution in [0.3, 0.4) is 0 Å². The third-order valence-corrected chi connectivity index (χ3v) is 6.48. The van der Waals surface area contributed by atoms with E-state index in [-0.39, 0.29) is 24.2 Å². The monoisotopic (exact) mass is 428 g/mol. The average Bonchev–Trinajstić information content (AvgIpc) is 3.20. The number of nitrogens with zero attached hydrogens (tertiary/aromatic N) is 1. The van der Waals surface area contributed by atoms with Crippen LogP contribution in [0.4, 0.5) is 0 Å². The molecule has 24 heavy (non-hydrogen) atoms. The molecular formula is C18H22BrClN2OS. The lowest BCUT2D eigenvalue weighted by molar-refractivity contribution is -0.131. The van der Waals surface area contributed by atoms with E-state index < -0.39 is 0 Å². The van der Waals surface area contributed by atoms with Crippen LogP contribution in [0.1, 0.15) is 29.2 Å². The number of carbonyl (C=O) groups is 1. The molecule has 2 N–H and O–H groups in total. The molecule has 3 nitrogen and oxygen atoms in total. The lowest BCUT2D eigenvalue weighted by Crippen LogP contribution is -2.32. The van der Waals surface area contributed by atoms with Crippen LogP contribution in [-0.4, -0.2) is 30.4 Å². The normalized spacial score (nSPS) is 21.4. The first-order valence-corrected chi connectivity index (χ1v) is 9.50. The van der Waals surface area contributed by atoms with E-state index in [0.29, 0.717) is 18.4 Å². The molecule has 6 heteroatoms.